The van der Waals surface area contributed by atoms with E-state index in [2.05, 4.69) is 24.1 Å². The number of amides is 1. The summed E-state index contributed by atoms with van der Waals surface area (Å²) in [5.41, 5.74) is 0. The molecule has 2 rings (SSSR count). The average molecular weight is 210 g/mol. The summed E-state index contributed by atoms with van der Waals surface area (Å²) in [7, 11) is 0. The molecule has 1 saturated carbocycles. The molecule has 0 bridgehead atoms. The zero-order valence-electron chi connectivity index (χ0n) is 9.83. The first-order valence-corrected chi connectivity index (χ1v) is 6.26. The fraction of sp³-hybridized carbons (Fsp3) is 0.917. The summed E-state index contributed by atoms with van der Waals surface area (Å²) in [4.78, 5) is 14.1. The van der Waals surface area contributed by atoms with Crippen LogP contribution >= 0.6 is 0 Å². The van der Waals surface area contributed by atoms with Gasteiger partial charge in [0, 0.05) is 6.04 Å². The SMILES string of the molecule is CCCCC1NCN(C2CC(C)C2)C1=O. The molecule has 1 N–H and O–H groups in total. The average Bonchev–Trinajstić information content (AvgIpc) is 2.52. The van der Waals surface area contributed by atoms with Gasteiger partial charge in [0.25, 0.3) is 0 Å². The first-order chi connectivity index (χ1) is 7.22. The zero-order chi connectivity index (χ0) is 10.8. The minimum absolute atomic E-state index is 0.112. The summed E-state index contributed by atoms with van der Waals surface area (Å²) >= 11 is 0. The monoisotopic (exact) mass is 210 g/mol. The third kappa shape index (κ3) is 2.17. The van der Waals surface area contributed by atoms with E-state index in [0.29, 0.717) is 11.9 Å². The number of hydrogen-bond donors (Lipinski definition) is 1. The topological polar surface area (TPSA) is 32.3 Å². The number of hydrogen-bond acceptors (Lipinski definition) is 2. The minimum Gasteiger partial charge on any atom is -0.326 e. The van der Waals surface area contributed by atoms with Gasteiger partial charge in [-0.15, -0.1) is 0 Å². The Labute approximate surface area is 92.2 Å². The number of unbranched alkanes of at least 4 members (excludes halogenated alkanes) is 1. The molecule has 2 aliphatic rings. The van der Waals surface area contributed by atoms with E-state index in [-0.39, 0.29) is 6.04 Å². The van der Waals surface area contributed by atoms with Crippen molar-refractivity contribution in [3.8, 4) is 0 Å². The van der Waals surface area contributed by atoms with E-state index in [1.54, 1.807) is 0 Å². The Hall–Kier alpha value is -0.570. The second-order valence-corrected chi connectivity index (χ2v) is 5.10. The van der Waals surface area contributed by atoms with Gasteiger partial charge in [0.15, 0.2) is 0 Å². The van der Waals surface area contributed by atoms with Crippen molar-refractivity contribution in [1.82, 2.24) is 10.2 Å². The number of nitrogens with one attached hydrogen (secondary N) is 1. The largest absolute Gasteiger partial charge is 0.326 e. The number of rotatable bonds is 4. The molecule has 0 spiro atoms. The minimum atomic E-state index is 0.112. The van der Waals surface area contributed by atoms with Gasteiger partial charge < -0.3 is 4.90 Å². The Morgan fingerprint density at radius 2 is 2.20 bits per heavy atom. The quantitative estimate of drug-likeness (QED) is 0.766. The van der Waals surface area contributed by atoms with Crippen LogP contribution in [0.15, 0.2) is 0 Å². The summed E-state index contributed by atoms with van der Waals surface area (Å²) < 4.78 is 0. The van der Waals surface area contributed by atoms with Crippen LogP contribution in [-0.4, -0.2) is 29.6 Å². The van der Waals surface area contributed by atoms with Crippen molar-refractivity contribution < 1.29 is 4.79 Å². The molecule has 3 nitrogen and oxygen atoms in total. The summed E-state index contributed by atoms with van der Waals surface area (Å²) in [6.07, 6.45) is 5.74. The molecular weight excluding hydrogens is 188 g/mol. The van der Waals surface area contributed by atoms with Crippen LogP contribution in [0, 0.1) is 5.92 Å². The fourth-order valence-corrected chi connectivity index (χ4v) is 2.63. The lowest BCUT2D eigenvalue weighted by Gasteiger charge is -2.39. The van der Waals surface area contributed by atoms with E-state index >= 15 is 0 Å². The Balaban J connectivity index is 1.82. The van der Waals surface area contributed by atoms with E-state index in [1.165, 1.54) is 19.3 Å². The molecule has 3 heteroatoms. The maximum Gasteiger partial charge on any atom is 0.241 e. The normalized spacial score (nSPS) is 35.7. The van der Waals surface area contributed by atoms with Gasteiger partial charge in [0.05, 0.1) is 12.7 Å². The molecule has 86 valence electrons. The van der Waals surface area contributed by atoms with Gasteiger partial charge in [-0.1, -0.05) is 26.7 Å². The zero-order valence-corrected chi connectivity index (χ0v) is 9.83. The molecule has 15 heavy (non-hydrogen) atoms. The van der Waals surface area contributed by atoms with Crippen molar-refractivity contribution in [2.45, 2.75) is 58.0 Å². The van der Waals surface area contributed by atoms with Gasteiger partial charge >= 0.3 is 0 Å². The molecule has 1 heterocycles. The highest BCUT2D eigenvalue weighted by molar-refractivity contribution is 5.84. The standard InChI is InChI=1S/C12H22N2O/c1-3-4-5-11-12(15)14(8-13-11)10-6-9(2)7-10/h9-11,13H,3-8H2,1-2H3. The van der Waals surface area contributed by atoms with Crippen molar-refractivity contribution in [1.29, 1.82) is 0 Å². The van der Waals surface area contributed by atoms with Crippen molar-refractivity contribution in [2.24, 2.45) is 5.92 Å². The Morgan fingerprint density at radius 3 is 2.80 bits per heavy atom. The van der Waals surface area contributed by atoms with Crippen molar-refractivity contribution in [3.63, 3.8) is 0 Å². The lowest BCUT2D eigenvalue weighted by Crippen LogP contribution is -2.45. The predicted molar refractivity (Wildman–Crippen MR) is 60.3 cm³/mol. The smallest absolute Gasteiger partial charge is 0.241 e. The third-order valence-electron chi connectivity index (χ3n) is 3.73. The Morgan fingerprint density at radius 1 is 1.47 bits per heavy atom. The van der Waals surface area contributed by atoms with Crippen LogP contribution in [0.3, 0.4) is 0 Å². The molecule has 1 atom stereocenters. The van der Waals surface area contributed by atoms with Crippen LogP contribution in [0.1, 0.15) is 46.0 Å². The molecule has 2 fully saturated rings. The summed E-state index contributed by atoms with van der Waals surface area (Å²) in [6, 6.07) is 0.646. The summed E-state index contributed by atoms with van der Waals surface area (Å²) in [5.74, 6) is 1.16. The van der Waals surface area contributed by atoms with Gasteiger partial charge in [0.1, 0.15) is 0 Å². The van der Waals surface area contributed by atoms with E-state index in [0.717, 1.165) is 25.4 Å². The maximum absolute atomic E-state index is 12.0. The molecule has 0 radical (unpaired) electrons. The number of nitrogens with zero attached hydrogens (tertiary/aromatic N) is 1. The van der Waals surface area contributed by atoms with Crippen molar-refractivity contribution in [2.75, 3.05) is 6.67 Å². The molecule has 1 unspecified atom stereocenters. The molecule has 0 aromatic carbocycles. The van der Waals surface area contributed by atoms with Crippen LogP contribution in [0.25, 0.3) is 0 Å². The van der Waals surface area contributed by atoms with Crippen molar-refractivity contribution in [3.05, 3.63) is 0 Å². The fourth-order valence-electron chi connectivity index (χ4n) is 2.63. The van der Waals surface area contributed by atoms with E-state index in [4.69, 9.17) is 0 Å². The lowest BCUT2D eigenvalue weighted by atomic mass is 9.81. The summed E-state index contributed by atoms with van der Waals surface area (Å²) in [6.45, 7) is 5.22. The second kappa shape index (κ2) is 4.52. The van der Waals surface area contributed by atoms with Crippen LogP contribution in [0.5, 0.6) is 0 Å². The number of carbonyl (C=O) groups is 1. The first kappa shape index (κ1) is 10.9. The Bertz CT molecular complexity index is 236. The lowest BCUT2D eigenvalue weighted by molar-refractivity contribution is -0.133. The highest BCUT2D eigenvalue weighted by atomic mass is 16.2. The van der Waals surface area contributed by atoms with Gasteiger partial charge in [-0.25, -0.2) is 0 Å². The van der Waals surface area contributed by atoms with Crippen LogP contribution < -0.4 is 5.32 Å². The number of carbonyl (C=O) groups excluding carboxylic acids is 1. The third-order valence-corrected chi connectivity index (χ3v) is 3.73. The molecular formula is C12H22N2O. The van der Waals surface area contributed by atoms with Crippen molar-refractivity contribution >= 4 is 5.91 Å². The van der Waals surface area contributed by atoms with Crippen LogP contribution in [-0.2, 0) is 4.79 Å². The van der Waals surface area contributed by atoms with Gasteiger partial charge in [-0.3, -0.25) is 10.1 Å². The van der Waals surface area contributed by atoms with Gasteiger partial charge in [0.2, 0.25) is 5.91 Å². The van der Waals surface area contributed by atoms with E-state index in [1.807, 2.05) is 0 Å². The molecule has 1 amide bonds. The van der Waals surface area contributed by atoms with Gasteiger partial charge in [-0.2, -0.15) is 0 Å². The maximum atomic E-state index is 12.0. The molecule has 1 saturated heterocycles. The predicted octanol–water partition coefficient (Wildman–Crippen LogP) is 1.73. The Kier molecular flexibility index (Phi) is 3.29. The second-order valence-electron chi connectivity index (χ2n) is 5.10. The molecule has 0 aromatic rings. The molecule has 1 aliphatic heterocycles. The van der Waals surface area contributed by atoms with Crippen LogP contribution in [0.2, 0.25) is 0 Å². The summed E-state index contributed by atoms with van der Waals surface area (Å²) in [5, 5.41) is 3.33. The highest BCUT2D eigenvalue weighted by Crippen LogP contribution is 2.32. The first-order valence-electron chi connectivity index (χ1n) is 6.26. The molecule has 0 aromatic heterocycles. The van der Waals surface area contributed by atoms with E-state index in [9.17, 15) is 4.79 Å². The van der Waals surface area contributed by atoms with Gasteiger partial charge in [-0.05, 0) is 25.2 Å². The van der Waals surface area contributed by atoms with E-state index < -0.39 is 0 Å². The molecule has 1 aliphatic carbocycles. The highest BCUT2D eigenvalue weighted by Gasteiger charge is 2.39. The van der Waals surface area contributed by atoms with Crippen LogP contribution in [0.4, 0.5) is 0 Å².